The van der Waals surface area contributed by atoms with Gasteiger partial charge in [0.25, 0.3) is 0 Å². The third kappa shape index (κ3) is 2.16. The molecule has 0 spiro atoms. The zero-order chi connectivity index (χ0) is 12.4. The van der Waals surface area contributed by atoms with Gasteiger partial charge in [-0.15, -0.1) is 0 Å². The molecular formula is C13H13NO3. The largest absolute Gasteiger partial charge is 0.507 e. The van der Waals surface area contributed by atoms with Crippen molar-refractivity contribution in [1.29, 1.82) is 0 Å². The summed E-state index contributed by atoms with van der Waals surface area (Å²) in [7, 11) is 0. The van der Waals surface area contributed by atoms with Gasteiger partial charge in [0, 0.05) is 11.6 Å². The first-order valence-electron chi connectivity index (χ1n) is 5.14. The number of anilines is 1. The molecule has 0 saturated carbocycles. The lowest BCUT2D eigenvalue weighted by atomic mass is 10.00. The van der Waals surface area contributed by atoms with Crippen LogP contribution in [0.15, 0.2) is 42.5 Å². The highest BCUT2D eigenvalue weighted by Gasteiger charge is 2.16. The van der Waals surface area contributed by atoms with Crippen LogP contribution >= 0.6 is 0 Å². The number of nitrogens with two attached hydrogens (primary N) is 1. The van der Waals surface area contributed by atoms with E-state index in [-0.39, 0.29) is 22.7 Å². The number of aliphatic hydroxyl groups is 1. The second-order valence-electron chi connectivity index (χ2n) is 3.78. The van der Waals surface area contributed by atoms with E-state index in [0.29, 0.717) is 5.56 Å². The Morgan fingerprint density at radius 2 is 1.59 bits per heavy atom. The van der Waals surface area contributed by atoms with E-state index in [1.807, 2.05) is 6.07 Å². The minimum absolute atomic E-state index is 0.118. The summed E-state index contributed by atoms with van der Waals surface area (Å²) < 4.78 is 0. The molecule has 0 aromatic heterocycles. The second-order valence-corrected chi connectivity index (χ2v) is 3.78. The van der Waals surface area contributed by atoms with Crippen molar-refractivity contribution in [3.63, 3.8) is 0 Å². The molecule has 2 aromatic carbocycles. The molecule has 1 atom stereocenters. The highest BCUT2D eigenvalue weighted by Crippen LogP contribution is 2.35. The molecule has 0 fully saturated rings. The van der Waals surface area contributed by atoms with Crippen LogP contribution in [0.4, 0.5) is 5.69 Å². The van der Waals surface area contributed by atoms with E-state index in [9.17, 15) is 15.3 Å². The monoisotopic (exact) mass is 231 g/mol. The lowest BCUT2D eigenvalue weighted by molar-refractivity contribution is 0.215. The Balaban J connectivity index is 2.44. The number of aromatic hydroxyl groups is 2. The molecular weight excluding hydrogens is 218 g/mol. The molecule has 17 heavy (non-hydrogen) atoms. The summed E-state index contributed by atoms with van der Waals surface area (Å²) in [6.07, 6.45) is -0.973. The maximum Gasteiger partial charge on any atom is 0.142 e. The van der Waals surface area contributed by atoms with Crippen molar-refractivity contribution >= 4 is 5.69 Å². The van der Waals surface area contributed by atoms with Gasteiger partial charge in [-0.25, -0.2) is 0 Å². The number of phenolic OH excluding ortho intramolecular Hbond substituents is 2. The van der Waals surface area contributed by atoms with Crippen molar-refractivity contribution in [1.82, 2.24) is 0 Å². The SMILES string of the molecule is Nc1cc(C(O)c2ccccc2)c(O)cc1O. The second kappa shape index (κ2) is 4.35. The van der Waals surface area contributed by atoms with E-state index in [4.69, 9.17) is 5.73 Å². The molecule has 5 N–H and O–H groups in total. The van der Waals surface area contributed by atoms with E-state index < -0.39 is 6.10 Å². The molecule has 0 bridgehead atoms. The molecule has 0 aliphatic rings. The lowest BCUT2D eigenvalue weighted by Gasteiger charge is -2.14. The molecule has 2 aromatic rings. The van der Waals surface area contributed by atoms with Crippen LogP contribution in [0.2, 0.25) is 0 Å². The van der Waals surface area contributed by atoms with Gasteiger partial charge in [-0.2, -0.15) is 0 Å². The zero-order valence-electron chi connectivity index (χ0n) is 9.04. The van der Waals surface area contributed by atoms with Crippen molar-refractivity contribution in [2.24, 2.45) is 0 Å². The van der Waals surface area contributed by atoms with E-state index in [1.165, 1.54) is 6.07 Å². The van der Waals surface area contributed by atoms with Gasteiger partial charge in [-0.3, -0.25) is 0 Å². The van der Waals surface area contributed by atoms with Crippen molar-refractivity contribution in [2.45, 2.75) is 6.10 Å². The lowest BCUT2D eigenvalue weighted by Crippen LogP contribution is -2.01. The number of aliphatic hydroxyl groups excluding tert-OH is 1. The van der Waals surface area contributed by atoms with Gasteiger partial charge in [0.1, 0.15) is 17.6 Å². The van der Waals surface area contributed by atoms with Crippen LogP contribution in [0.3, 0.4) is 0 Å². The number of nitrogen functional groups attached to an aromatic ring is 1. The van der Waals surface area contributed by atoms with Crippen LogP contribution in [0.5, 0.6) is 11.5 Å². The van der Waals surface area contributed by atoms with Gasteiger partial charge in [0.15, 0.2) is 0 Å². The van der Waals surface area contributed by atoms with Crippen LogP contribution in [0.25, 0.3) is 0 Å². The van der Waals surface area contributed by atoms with Crippen LogP contribution in [0, 0.1) is 0 Å². The van der Waals surface area contributed by atoms with Crippen LogP contribution in [0.1, 0.15) is 17.2 Å². The fourth-order valence-electron chi connectivity index (χ4n) is 1.65. The maximum absolute atomic E-state index is 10.1. The summed E-state index contributed by atoms with van der Waals surface area (Å²) in [4.78, 5) is 0. The zero-order valence-corrected chi connectivity index (χ0v) is 9.04. The Hall–Kier alpha value is -2.20. The molecule has 4 nitrogen and oxygen atoms in total. The molecule has 88 valence electrons. The van der Waals surface area contributed by atoms with Crippen LogP contribution in [-0.2, 0) is 0 Å². The maximum atomic E-state index is 10.1. The van der Waals surface area contributed by atoms with E-state index in [2.05, 4.69) is 0 Å². The number of hydrogen-bond acceptors (Lipinski definition) is 4. The fourth-order valence-corrected chi connectivity index (χ4v) is 1.65. The first-order chi connectivity index (χ1) is 8.09. The number of benzene rings is 2. The summed E-state index contributed by atoms with van der Waals surface area (Å²) in [6.45, 7) is 0. The summed E-state index contributed by atoms with van der Waals surface area (Å²) in [6, 6.07) is 11.4. The topological polar surface area (TPSA) is 86.7 Å². The van der Waals surface area contributed by atoms with E-state index >= 15 is 0 Å². The van der Waals surface area contributed by atoms with Gasteiger partial charge >= 0.3 is 0 Å². The van der Waals surface area contributed by atoms with Gasteiger partial charge in [0.05, 0.1) is 5.69 Å². The van der Waals surface area contributed by atoms with Crippen LogP contribution < -0.4 is 5.73 Å². The molecule has 0 aliphatic heterocycles. The van der Waals surface area contributed by atoms with Crippen LogP contribution in [-0.4, -0.2) is 15.3 Å². The Bertz CT molecular complexity index is 526. The van der Waals surface area contributed by atoms with Crippen molar-refractivity contribution in [2.75, 3.05) is 5.73 Å². The number of rotatable bonds is 2. The highest BCUT2D eigenvalue weighted by molar-refractivity contribution is 5.59. The summed E-state index contributed by atoms with van der Waals surface area (Å²) >= 11 is 0. The highest BCUT2D eigenvalue weighted by atomic mass is 16.3. The van der Waals surface area contributed by atoms with Crippen molar-refractivity contribution in [3.8, 4) is 11.5 Å². The summed E-state index contributed by atoms with van der Waals surface area (Å²) in [5, 5.41) is 29.1. The molecule has 2 rings (SSSR count). The molecule has 0 saturated heterocycles. The van der Waals surface area contributed by atoms with Gasteiger partial charge < -0.3 is 21.1 Å². The number of hydrogen-bond donors (Lipinski definition) is 4. The van der Waals surface area contributed by atoms with Crippen molar-refractivity contribution in [3.05, 3.63) is 53.6 Å². The third-order valence-corrected chi connectivity index (χ3v) is 2.59. The van der Waals surface area contributed by atoms with E-state index in [0.717, 1.165) is 6.07 Å². The molecule has 0 amide bonds. The van der Waals surface area contributed by atoms with E-state index in [1.54, 1.807) is 24.3 Å². The Kier molecular flexibility index (Phi) is 2.89. The molecule has 4 heteroatoms. The average Bonchev–Trinajstić information content (AvgIpc) is 2.34. The normalized spacial score (nSPS) is 12.3. The van der Waals surface area contributed by atoms with Crippen molar-refractivity contribution < 1.29 is 15.3 Å². The predicted molar refractivity (Wildman–Crippen MR) is 64.7 cm³/mol. The molecule has 0 heterocycles. The first kappa shape index (κ1) is 11.3. The van der Waals surface area contributed by atoms with Gasteiger partial charge in [0.2, 0.25) is 0 Å². The third-order valence-electron chi connectivity index (χ3n) is 2.59. The minimum atomic E-state index is -0.973. The Morgan fingerprint density at radius 3 is 2.24 bits per heavy atom. The first-order valence-corrected chi connectivity index (χ1v) is 5.14. The molecule has 0 radical (unpaired) electrons. The molecule has 1 unspecified atom stereocenters. The fraction of sp³-hybridized carbons (Fsp3) is 0.0769. The average molecular weight is 231 g/mol. The smallest absolute Gasteiger partial charge is 0.142 e. The summed E-state index contributed by atoms with van der Waals surface area (Å²) in [5.74, 6) is -0.389. The minimum Gasteiger partial charge on any atom is -0.507 e. The number of phenols is 2. The van der Waals surface area contributed by atoms with Gasteiger partial charge in [-0.05, 0) is 11.6 Å². The Morgan fingerprint density at radius 1 is 0.941 bits per heavy atom. The quantitative estimate of drug-likeness (QED) is 0.360. The Labute approximate surface area is 98.6 Å². The summed E-state index contributed by atoms with van der Waals surface area (Å²) in [5.41, 5.74) is 6.57. The predicted octanol–water partition coefficient (Wildman–Crippen LogP) is 1.76. The standard InChI is InChI=1S/C13H13NO3/c14-10-6-9(11(15)7-12(10)16)13(17)8-4-2-1-3-5-8/h1-7,13,15-17H,14H2. The van der Waals surface area contributed by atoms with Gasteiger partial charge in [-0.1, -0.05) is 30.3 Å². The molecule has 0 aliphatic carbocycles.